The fraction of sp³-hybridized carbons (Fsp3) is 0.389. The lowest BCUT2D eigenvalue weighted by Gasteiger charge is -2.24. The van der Waals surface area contributed by atoms with E-state index in [0.29, 0.717) is 24.5 Å². The number of nitrogen functional groups attached to an aromatic ring is 1. The van der Waals surface area contributed by atoms with Gasteiger partial charge in [-0.15, -0.1) is 0 Å². The Morgan fingerprint density at radius 3 is 2.96 bits per heavy atom. The maximum absolute atomic E-state index is 13.1. The molecule has 2 atom stereocenters. The molecule has 0 unspecified atom stereocenters. The third kappa shape index (κ3) is 2.92. The van der Waals surface area contributed by atoms with Gasteiger partial charge in [0.25, 0.3) is 5.91 Å². The van der Waals surface area contributed by atoms with E-state index in [4.69, 9.17) is 10.5 Å². The van der Waals surface area contributed by atoms with Gasteiger partial charge in [-0.25, -0.2) is 4.98 Å². The minimum Gasteiger partial charge on any atom is -0.382 e. The van der Waals surface area contributed by atoms with Crippen LogP contribution in [0.15, 0.2) is 36.8 Å². The van der Waals surface area contributed by atoms with Gasteiger partial charge in [-0.2, -0.15) is 5.10 Å². The van der Waals surface area contributed by atoms with Crippen LogP contribution >= 0.6 is 0 Å². The van der Waals surface area contributed by atoms with Crippen molar-refractivity contribution in [1.82, 2.24) is 24.1 Å². The summed E-state index contributed by atoms with van der Waals surface area (Å²) in [6.45, 7) is 3.14. The number of ether oxygens (including phenoxy) is 1. The summed E-state index contributed by atoms with van der Waals surface area (Å²) in [5, 5.41) is 4.24. The molecule has 4 heterocycles. The number of aromatic nitrogens is 4. The number of rotatable bonds is 4. The highest BCUT2D eigenvalue weighted by Gasteiger charge is 2.36. The molecular weight excluding hydrogens is 332 g/mol. The van der Waals surface area contributed by atoms with E-state index in [1.165, 1.54) is 0 Å². The molecule has 2 N–H and O–H groups in total. The second kappa shape index (κ2) is 6.45. The van der Waals surface area contributed by atoms with Gasteiger partial charge in [0.15, 0.2) is 0 Å². The molecule has 8 heteroatoms. The molecule has 0 saturated carbocycles. The van der Waals surface area contributed by atoms with Crippen molar-refractivity contribution in [3.8, 4) is 0 Å². The number of amides is 1. The minimum atomic E-state index is -0.0159. The summed E-state index contributed by atoms with van der Waals surface area (Å²) in [6, 6.07) is 5.43. The highest BCUT2D eigenvalue weighted by Crippen LogP contribution is 2.24. The Morgan fingerprint density at radius 2 is 2.23 bits per heavy atom. The van der Waals surface area contributed by atoms with Crippen molar-refractivity contribution < 1.29 is 9.53 Å². The molecule has 3 aromatic rings. The van der Waals surface area contributed by atoms with Crippen LogP contribution in [0.2, 0.25) is 0 Å². The monoisotopic (exact) mass is 354 g/mol. The standard InChI is InChI=1S/C18H22N6O2/c1-12-9-20-17-7-13(3-6-23(12)17)18(25)24-11-15(26-2)8-14(24)10-22-5-4-16(19)21-22/h3-7,9,14-15H,8,10-11H2,1-2H3,(H2,19,21)/t14-,15-/m0/s1. The van der Waals surface area contributed by atoms with Crippen molar-refractivity contribution in [3.05, 3.63) is 48.0 Å². The largest absolute Gasteiger partial charge is 0.382 e. The van der Waals surface area contributed by atoms with Crippen molar-refractivity contribution in [3.63, 3.8) is 0 Å². The lowest BCUT2D eigenvalue weighted by atomic mass is 10.1. The molecule has 26 heavy (non-hydrogen) atoms. The van der Waals surface area contributed by atoms with Crippen LogP contribution in [0.5, 0.6) is 0 Å². The molecule has 8 nitrogen and oxygen atoms in total. The highest BCUT2D eigenvalue weighted by atomic mass is 16.5. The summed E-state index contributed by atoms with van der Waals surface area (Å²) in [7, 11) is 1.68. The number of hydrogen-bond acceptors (Lipinski definition) is 5. The number of carbonyl (C=O) groups excluding carboxylic acids is 1. The predicted octanol–water partition coefficient (Wildman–Crippen LogP) is 1.35. The van der Waals surface area contributed by atoms with E-state index in [0.717, 1.165) is 17.8 Å². The van der Waals surface area contributed by atoms with Gasteiger partial charge >= 0.3 is 0 Å². The van der Waals surface area contributed by atoms with Crippen LogP contribution in [-0.4, -0.2) is 55.8 Å². The van der Waals surface area contributed by atoms with Gasteiger partial charge in [-0.1, -0.05) is 0 Å². The number of hydrogen-bond donors (Lipinski definition) is 1. The number of nitrogens with two attached hydrogens (primary N) is 1. The Bertz CT molecular complexity index is 946. The number of nitrogens with zero attached hydrogens (tertiary/aromatic N) is 5. The lowest BCUT2D eigenvalue weighted by Crippen LogP contribution is -2.38. The van der Waals surface area contributed by atoms with Crippen LogP contribution in [-0.2, 0) is 11.3 Å². The summed E-state index contributed by atoms with van der Waals surface area (Å²) in [4.78, 5) is 19.4. The van der Waals surface area contributed by atoms with Crippen molar-refractivity contribution in [1.29, 1.82) is 0 Å². The number of likely N-dealkylation sites (tertiary alicyclic amines) is 1. The number of anilines is 1. The zero-order valence-electron chi connectivity index (χ0n) is 14.9. The van der Waals surface area contributed by atoms with Gasteiger partial charge in [0.2, 0.25) is 0 Å². The maximum Gasteiger partial charge on any atom is 0.254 e. The quantitative estimate of drug-likeness (QED) is 0.764. The number of aryl methyl sites for hydroxylation is 1. The number of imidazole rings is 1. The summed E-state index contributed by atoms with van der Waals surface area (Å²) in [6.07, 6.45) is 6.31. The van der Waals surface area contributed by atoms with Crippen LogP contribution in [0.4, 0.5) is 5.82 Å². The molecule has 1 aliphatic heterocycles. The van der Waals surface area contributed by atoms with Crippen molar-refractivity contribution in [2.24, 2.45) is 0 Å². The Balaban J connectivity index is 1.60. The lowest BCUT2D eigenvalue weighted by molar-refractivity contribution is 0.0679. The summed E-state index contributed by atoms with van der Waals surface area (Å²) < 4.78 is 9.25. The van der Waals surface area contributed by atoms with E-state index in [9.17, 15) is 4.79 Å². The van der Waals surface area contributed by atoms with E-state index < -0.39 is 0 Å². The Kier molecular flexibility index (Phi) is 4.12. The van der Waals surface area contributed by atoms with Crippen LogP contribution < -0.4 is 5.73 Å². The topological polar surface area (TPSA) is 90.7 Å². The molecule has 0 spiro atoms. The second-order valence-electron chi connectivity index (χ2n) is 6.71. The molecule has 3 aromatic heterocycles. The van der Waals surface area contributed by atoms with Crippen molar-refractivity contribution in [2.45, 2.75) is 32.0 Å². The van der Waals surface area contributed by atoms with Gasteiger partial charge in [-0.3, -0.25) is 9.48 Å². The number of carbonyl (C=O) groups is 1. The zero-order chi connectivity index (χ0) is 18.3. The zero-order valence-corrected chi connectivity index (χ0v) is 14.9. The maximum atomic E-state index is 13.1. The molecule has 0 bridgehead atoms. The summed E-state index contributed by atoms with van der Waals surface area (Å²) in [5.41, 5.74) is 8.14. The van der Waals surface area contributed by atoms with Gasteiger partial charge in [-0.05, 0) is 31.5 Å². The molecule has 0 aromatic carbocycles. The van der Waals surface area contributed by atoms with Crippen molar-refractivity contribution >= 4 is 17.4 Å². The Labute approximate surface area is 151 Å². The van der Waals surface area contributed by atoms with E-state index >= 15 is 0 Å². The number of methoxy groups -OCH3 is 1. The van der Waals surface area contributed by atoms with Crippen LogP contribution in [0.3, 0.4) is 0 Å². The van der Waals surface area contributed by atoms with Gasteiger partial charge < -0.3 is 19.8 Å². The van der Waals surface area contributed by atoms with Gasteiger partial charge in [0, 0.05) is 43.5 Å². The Hall–Kier alpha value is -2.87. The second-order valence-corrected chi connectivity index (χ2v) is 6.71. The Morgan fingerprint density at radius 1 is 1.38 bits per heavy atom. The molecule has 1 amide bonds. The molecule has 0 radical (unpaired) electrons. The first kappa shape index (κ1) is 16.6. The molecule has 136 valence electrons. The summed E-state index contributed by atoms with van der Waals surface area (Å²) in [5.74, 6) is 0.460. The normalized spacial score (nSPS) is 20.2. The summed E-state index contributed by atoms with van der Waals surface area (Å²) >= 11 is 0. The van der Waals surface area contributed by atoms with E-state index in [1.807, 2.05) is 40.8 Å². The van der Waals surface area contributed by atoms with Crippen LogP contribution in [0.1, 0.15) is 22.5 Å². The molecule has 4 rings (SSSR count). The van der Waals surface area contributed by atoms with Gasteiger partial charge in [0.1, 0.15) is 11.5 Å². The number of fused-ring (bicyclic) bond motifs is 1. The van der Waals surface area contributed by atoms with E-state index in [1.54, 1.807) is 24.1 Å². The highest BCUT2D eigenvalue weighted by molar-refractivity contribution is 5.95. The first-order valence-corrected chi connectivity index (χ1v) is 8.61. The fourth-order valence-corrected chi connectivity index (χ4v) is 3.57. The first-order valence-electron chi connectivity index (χ1n) is 8.61. The predicted molar refractivity (Wildman–Crippen MR) is 96.8 cm³/mol. The molecule has 1 fully saturated rings. The third-order valence-electron chi connectivity index (χ3n) is 4.97. The molecular formula is C18H22N6O2. The van der Waals surface area contributed by atoms with Crippen molar-refractivity contribution in [2.75, 3.05) is 19.4 Å². The van der Waals surface area contributed by atoms with E-state index in [2.05, 4.69) is 10.1 Å². The smallest absolute Gasteiger partial charge is 0.254 e. The van der Waals surface area contributed by atoms with Gasteiger partial charge in [0.05, 0.1) is 18.7 Å². The third-order valence-corrected chi connectivity index (χ3v) is 4.97. The van der Waals surface area contributed by atoms with Crippen LogP contribution in [0.25, 0.3) is 5.65 Å². The number of pyridine rings is 1. The molecule has 1 aliphatic rings. The SMILES string of the molecule is CO[C@H]1C[C@@H](Cn2ccc(N)n2)N(C(=O)c2ccn3c(C)cnc3c2)C1. The molecule has 1 saturated heterocycles. The molecule has 0 aliphatic carbocycles. The average molecular weight is 354 g/mol. The minimum absolute atomic E-state index is 0.00413. The van der Waals surface area contributed by atoms with Crippen LogP contribution in [0, 0.1) is 6.92 Å². The first-order chi connectivity index (χ1) is 12.5. The van der Waals surface area contributed by atoms with E-state index in [-0.39, 0.29) is 18.1 Å². The fourth-order valence-electron chi connectivity index (χ4n) is 3.57. The average Bonchev–Trinajstić information content (AvgIpc) is 3.34.